The van der Waals surface area contributed by atoms with Crippen LogP contribution in [0.2, 0.25) is 0 Å². The molecule has 2 atom stereocenters. The SMILES string of the molecule is N#CC1(C#N)[C@H](c2ccccc2)N=C(c2ccccc2)[C@@H](c2ccccc2)C1(C#N)C#N. The summed E-state index contributed by atoms with van der Waals surface area (Å²) < 4.78 is 0. The van der Waals surface area contributed by atoms with Crippen molar-refractivity contribution in [2.24, 2.45) is 15.8 Å². The molecular weight excluding hydrogens is 394 g/mol. The maximum atomic E-state index is 10.5. The van der Waals surface area contributed by atoms with E-state index < -0.39 is 22.8 Å². The van der Waals surface area contributed by atoms with E-state index in [9.17, 15) is 21.0 Å². The second-order valence-electron chi connectivity index (χ2n) is 7.60. The predicted molar refractivity (Wildman–Crippen MR) is 119 cm³/mol. The number of nitrogens with zero attached hydrogens (tertiary/aromatic N) is 5. The van der Waals surface area contributed by atoms with E-state index in [0.29, 0.717) is 16.8 Å². The Morgan fingerprint density at radius 3 is 1.47 bits per heavy atom. The second kappa shape index (κ2) is 8.20. The molecule has 0 spiro atoms. The molecule has 5 nitrogen and oxygen atoms in total. The van der Waals surface area contributed by atoms with Crippen LogP contribution in [0.1, 0.15) is 28.7 Å². The Morgan fingerprint density at radius 2 is 1.00 bits per heavy atom. The molecule has 0 bridgehead atoms. The zero-order chi connectivity index (χ0) is 22.6. The van der Waals surface area contributed by atoms with Gasteiger partial charge in [-0.1, -0.05) is 91.0 Å². The molecule has 150 valence electrons. The molecule has 0 amide bonds. The lowest BCUT2D eigenvalue weighted by molar-refractivity contribution is 0.218. The van der Waals surface area contributed by atoms with Gasteiger partial charge in [-0.2, -0.15) is 21.0 Å². The Kier molecular flexibility index (Phi) is 5.27. The average Bonchev–Trinajstić information content (AvgIpc) is 2.88. The van der Waals surface area contributed by atoms with E-state index in [1.807, 2.05) is 42.5 Å². The van der Waals surface area contributed by atoms with Crippen molar-refractivity contribution in [3.05, 3.63) is 108 Å². The second-order valence-corrected chi connectivity index (χ2v) is 7.60. The summed E-state index contributed by atoms with van der Waals surface area (Å²) in [4.78, 5) is 4.94. The van der Waals surface area contributed by atoms with Crippen LogP contribution < -0.4 is 0 Å². The van der Waals surface area contributed by atoms with Crippen LogP contribution in [0.3, 0.4) is 0 Å². The number of nitriles is 4. The molecule has 5 heteroatoms. The van der Waals surface area contributed by atoms with Crippen LogP contribution in [0, 0.1) is 56.2 Å². The van der Waals surface area contributed by atoms with E-state index in [1.165, 1.54) is 0 Å². The highest BCUT2D eigenvalue weighted by Gasteiger charge is 2.67. The summed E-state index contributed by atoms with van der Waals surface area (Å²) in [5, 5.41) is 41.6. The minimum absolute atomic E-state index is 0.509. The van der Waals surface area contributed by atoms with Gasteiger partial charge in [-0.3, -0.25) is 4.99 Å². The van der Waals surface area contributed by atoms with Crippen molar-refractivity contribution in [2.45, 2.75) is 12.0 Å². The van der Waals surface area contributed by atoms with Gasteiger partial charge in [0.25, 0.3) is 0 Å². The fraction of sp³-hybridized carbons (Fsp3) is 0.148. The number of benzene rings is 3. The minimum Gasteiger partial charge on any atom is -0.277 e. The zero-order valence-corrected chi connectivity index (χ0v) is 17.1. The molecule has 0 N–H and O–H groups in total. The van der Waals surface area contributed by atoms with Crippen molar-refractivity contribution in [1.82, 2.24) is 0 Å². The molecule has 1 heterocycles. The van der Waals surface area contributed by atoms with Gasteiger partial charge in [-0.25, -0.2) is 0 Å². The lowest BCUT2D eigenvalue weighted by Crippen LogP contribution is -2.52. The van der Waals surface area contributed by atoms with Crippen molar-refractivity contribution in [2.75, 3.05) is 0 Å². The molecule has 3 aromatic carbocycles. The van der Waals surface area contributed by atoms with Crippen LogP contribution in [0.5, 0.6) is 0 Å². The summed E-state index contributed by atoms with van der Waals surface area (Å²) in [6, 6.07) is 34.7. The van der Waals surface area contributed by atoms with Crippen LogP contribution in [-0.2, 0) is 0 Å². The molecule has 0 fully saturated rings. The van der Waals surface area contributed by atoms with Crippen LogP contribution >= 0.6 is 0 Å². The maximum absolute atomic E-state index is 10.5. The summed E-state index contributed by atoms with van der Waals surface area (Å²) in [6.07, 6.45) is 0. The van der Waals surface area contributed by atoms with Crippen molar-refractivity contribution >= 4 is 5.71 Å². The molecule has 0 aliphatic carbocycles. The van der Waals surface area contributed by atoms with Crippen LogP contribution in [0.25, 0.3) is 0 Å². The third-order valence-electron chi connectivity index (χ3n) is 6.03. The van der Waals surface area contributed by atoms with Gasteiger partial charge in [-0.15, -0.1) is 0 Å². The average molecular weight is 411 g/mol. The first-order valence-electron chi connectivity index (χ1n) is 10.1. The van der Waals surface area contributed by atoms with Crippen molar-refractivity contribution in [3.8, 4) is 24.3 Å². The Labute approximate surface area is 186 Å². The molecule has 0 unspecified atom stereocenters. The largest absolute Gasteiger partial charge is 0.277 e. The molecule has 0 radical (unpaired) electrons. The molecule has 4 rings (SSSR count). The number of aliphatic imine (C=N–C) groups is 1. The van der Waals surface area contributed by atoms with Gasteiger partial charge in [0.05, 0.1) is 35.9 Å². The van der Waals surface area contributed by atoms with E-state index in [1.54, 1.807) is 48.5 Å². The maximum Gasteiger partial charge on any atom is 0.202 e. The first-order chi connectivity index (χ1) is 15.7. The highest BCUT2D eigenvalue weighted by atomic mass is 14.9. The predicted octanol–water partition coefficient (Wildman–Crippen LogP) is 5.08. The molecule has 1 aliphatic heterocycles. The van der Waals surface area contributed by atoms with Gasteiger partial charge in [0, 0.05) is 0 Å². The van der Waals surface area contributed by atoms with Crippen LogP contribution in [-0.4, -0.2) is 5.71 Å². The van der Waals surface area contributed by atoms with Crippen molar-refractivity contribution < 1.29 is 0 Å². The summed E-state index contributed by atoms with van der Waals surface area (Å²) in [5.41, 5.74) is -1.51. The van der Waals surface area contributed by atoms with Gasteiger partial charge in [-0.05, 0) is 16.7 Å². The lowest BCUT2D eigenvalue weighted by Gasteiger charge is -2.45. The topological polar surface area (TPSA) is 108 Å². The monoisotopic (exact) mass is 411 g/mol. The quantitative estimate of drug-likeness (QED) is 0.598. The Morgan fingerprint density at radius 1 is 0.562 bits per heavy atom. The zero-order valence-electron chi connectivity index (χ0n) is 17.1. The van der Waals surface area contributed by atoms with Gasteiger partial charge < -0.3 is 0 Å². The third-order valence-corrected chi connectivity index (χ3v) is 6.03. The summed E-state index contributed by atoms with van der Waals surface area (Å²) in [5.74, 6) is -0.889. The Bertz CT molecular complexity index is 1290. The minimum atomic E-state index is -2.02. The Hall–Kier alpha value is -4.71. The molecule has 0 saturated heterocycles. The summed E-state index contributed by atoms with van der Waals surface area (Å²) in [7, 11) is 0. The van der Waals surface area contributed by atoms with Crippen molar-refractivity contribution in [3.63, 3.8) is 0 Å². The van der Waals surface area contributed by atoms with Gasteiger partial charge >= 0.3 is 0 Å². The number of hydrogen-bond acceptors (Lipinski definition) is 5. The standard InChI is InChI=1S/C27H17N5/c28-16-26(17-29)23(20-10-4-1-5-11-20)24(21-12-6-2-7-13-21)32-25(27(26,18-30)19-31)22-14-8-3-9-15-22/h1-15,23,25H/t23-,25+/m1/s1. The van der Waals surface area contributed by atoms with Crippen molar-refractivity contribution in [1.29, 1.82) is 21.0 Å². The van der Waals surface area contributed by atoms with Gasteiger partial charge in [0.2, 0.25) is 5.41 Å². The molecule has 32 heavy (non-hydrogen) atoms. The summed E-state index contributed by atoms with van der Waals surface area (Å²) >= 11 is 0. The molecule has 0 aromatic heterocycles. The first kappa shape index (κ1) is 20.6. The van der Waals surface area contributed by atoms with E-state index >= 15 is 0 Å². The molecular formula is C27H17N5. The van der Waals surface area contributed by atoms with E-state index in [4.69, 9.17) is 4.99 Å². The molecule has 0 saturated carbocycles. The normalized spacial score (nSPS) is 20.4. The molecule has 1 aliphatic rings. The smallest absolute Gasteiger partial charge is 0.202 e. The summed E-state index contributed by atoms with van der Waals surface area (Å²) in [6.45, 7) is 0. The first-order valence-corrected chi connectivity index (χ1v) is 10.1. The Balaban J connectivity index is 2.16. The highest BCUT2D eigenvalue weighted by molar-refractivity contribution is 6.07. The van der Waals surface area contributed by atoms with E-state index in [2.05, 4.69) is 24.3 Å². The lowest BCUT2D eigenvalue weighted by atomic mass is 9.51. The molecule has 3 aromatic rings. The van der Waals surface area contributed by atoms with Gasteiger partial charge in [0.1, 0.15) is 6.04 Å². The van der Waals surface area contributed by atoms with E-state index in [-0.39, 0.29) is 0 Å². The van der Waals surface area contributed by atoms with Crippen LogP contribution in [0.15, 0.2) is 96.0 Å². The van der Waals surface area contributed by atoms with E-state index in [0.717, 1.165) is 5.56 Å². The van der Waals surface area contributed by atoms with Crippen LogP contribution in [0.4, 0.5) is 0 Å². The number of rotatable bonds is 3. The highest BCUT2D eigenvalue weighted by Crippen LogP contribution is 2.60. The fourth-order valence-corrected chi connectivity index (χ4v) is 4.48. The number of hydrogen-bond donors (Lipinski definition) is 0. The van der Waals surface area contributed by atoms with Gasteiger partial charge in [0.15, 0.2) is 5.41 Å². The fourth-order valence-electron chi connectivity index (χ4n) is 4.48. The third kappa shape index (κ3) is 2.86.